The van der Waals surface area contributed by atoms with Crippen molar-refractivity contribution in [2.24, 2.45) is 0 Å². The molecule has 0 aromatic heterocycles. The molecular formula is C17H34Cl2N2O4. The van der Waals surface area contributed by atoms with Gasteiger partial charge in [0.15, 0.2) is 0 Å². The average molecular weight is 401 g/mol. The molecule has 0 radical (unpaired) electrons. The zero-order valence-electron chi connectivity index (χ0n) is 16.6. The molecule has 0 aliphatic heterocycles. The first-order chi connectivity index (χ1) is 10.3. The number of hydrogen-bond acceptors (Lipinski definition) is 4. The van der Waals surface area contributed by atoms with E-state index in [4.69, 9.17) is 9.47 Å². The van der Waals surface area contributed by atoms with Gasteiger partial charge in [0.2, 0.25) is 0 Å². The number of carbonyl (C=O) groups is 2. The lowest BCUT2D eigenvalue weighted by atomic mass is 10.4. The van der Waals surface area contributed by atoms with Crippen molar-refractivity contribution in [2.75, 3.05) is 68.6 Å². The van der Waals surface area contributed by atoms with Gasteiger partial charge in [-0.25, -0.2) is 9.59 Å². The number of esters is 2. The number of halogens is 2. The molecule has 0 aromatic rings. The van der Waals surface area contributed by atoms with E-state index in [2.05, 4.69) is 34.3 Å². The standard InChI is InChI=1S/C9H18NO2.C8H16NO2.2ClH/c1-8(2)9(11)12-7-6-10(3,4)5;1-5-8(10)11-7-6-9(2,3)4;;/h1,6-7H2,2-5H3;5H,1,6-7H2,2-4H3;2*1H/q2*+1;;/p-2. The molecule has 0 fully saturated rings. The molecule has 0 aliphatic rings. The Labute approximate surface area is 165 Å². The lowest BCUT2D eigenvalue weighted by molar-refractivity contribution is -0.870. The van der Waals surface area contributed by atoms with Crippen LogP contribution in [0.5, 0.6) is 0 Å². The minimum Gasteiger partial charge on any atom is -1.00 e. The fourth-order valence-corrected chi connectivity index (χ4v) is 1.01. The molecule has 0 rings (SSSR count). The maximum atomic E-state index is 10.9. The van der Waals surface area contributed by atoms with Crippen molar-refractivity contribution in [3.05, 3.63) is 24.8 Å². The first-order valence-electron chi connectivity index (χ1n) is 7.51. The van der Waals surface area contributed by atoms with Crippen LogP contribution in [0.2, 0.25) is 0 Å². The summed E-state index contributed by atoms with van der Waals surface area (Å²) >= 11 is 0. The van der Waals surface area contributed by atoms with Crippen LogP contribution in [0.3, 0.4) is 0 Å². The predicted molar refractivity (Wildman–Crippen MR) is 92.7 cm³/mol. The largest absolute Gasteiger partial charge is 1.00 e. The summed E-state index contributed by atoms with van der Waals surface area (Å²) in [7, 11) is 12.3. The fraction of sp³-hybridized carbons (Fsp3) is 0.647. The molecule has 8 heteroatoms. The predicted octanol–water partition coefficient (Wildman–Crippen LogP) is -4.76. The quantitative estimate of drug-likeness (QED) is 0.233. The molecule has 0 aliphatic carbocycles. The van der Waals surface area contributed by atoms with Crippen molar-refractivity contribution >= 4 is 11.9 Å². The van der Waals surface area contributed by atoms with Crippen molar-refractivity contribution in [2.45, 2.75) is 6.92 Å². The molecule has 0 saturated heterocycles. The summed E-state index contributed by atoms with van der Waals surface area (Å²) in [5, 5.41) is 0. The van der Waals surface area contributed by atoms with Gasteiger partial charge in [0, 0.05) is 11.6 Å². The zero-order chi connectivity index (χ0) is 18.7. The van der Waals surface area contributed by atoms with E-state index in [9.17, 15) is 9.59 Å². The molecule has 0 atom stereocenters. The topological polar surface area (TPSA) is 52.6 Å². The van der Waals surface area contributed by atoms with Gasteiger partial charge in [0.25, 0.3) is 0 Å². The first-order valence-corrected chi connectivity index (χ1v) is 7.51. The van der Waals surface area contributed by atoms with Crippen LogP contribution < -0.4 is 24.8 Å². The van der Waals surface area contributed by atoms with Gasteiger partial charge in [-0.2, -0.15) is 0 Å². The van der Waals surface area contributed by atoms with Crippen LogP contribution in [0, 0.1) is 0 Å². The second-order valence-electron chi connectivity index (χ2n) is 7.32. The Morgan fingerprint density at radius 1 is 0.880 bits per heavy atom. The molecule has 150 valence electrons. The Hall–Kier alpha value is -1.08. The van der Waals surface area contributed by atoms with Crippen molar-refractivity contribution in [1.29, 1.82) is 0 Å². The van der Waals surface area contributed by atoms with Gasteiger partial charge in [-0.15, -0.1) is 0 Å². The van der Waals surface area contributed by atoms with Crippen molar-refractivity contribution in [3.8, 4) is 0 Å². The number of ether oxygens (including phenoxy) is 2. The van der Waals surface area contributed by atoms with E-state index < -0.39 is 0 Å². The first kappa shape index (κ1) is 31.7. The molecule has 0 N–H and O–H groups in total. The van der Waals surface area contributed by atoms with Crippen LogP contribution in [0.15, 0.2) is 24.8 Å². The summed E-state index contributed by atoms with van der Waals surface area (Å²) in [5.41, 5.74) is 0.455. The maximum Gasteiger partial charge on any atom is 0.333 e. The van der Waals surface area contributed by atoms with Crippen LogP contribution in [0.4, 0.5) is 0 Å². The lowest BCUT2D eigenvalue weighted by Crippen LogP contribution is -3.00. The fourth-order valence-electron chi connectivity index (χ4n) is 1.01. The summed E-state index contributed by atoms with van der Waals surface area (Å²) in [5.74, 6) is -0.651. The molecule has 0 bridgehead atoms. The molecule has 0 saturated carbocycles. The van der Waals surface area contributed by atoms with E-state index in [1.165, 1.54) is 6.08 Å². The van der Waals surface area contributed by atoms with E-state index >= 15 is 0 Å². The van der Waals surface area contributed by atoms with E-state index in [-0.39, 0.29) is 36.8 Å². The van der Waals surface area contributed by atoms with Crippen LogP contribution in [0.25, 0.3) is 0 Å². The number of likely N-dealkylation sites (N-methyl/N-ethyl adjacent to an activating group) is 2. The van der Waals surface area contributed by atoms with E-state index in [1.54, 1.807) is 6.92 Å². The third-order valence-electron chi connectivity index (χ3n) is 2.52. The molecule has 0 heterocycles. The van der Waals surface area contributed by atoms with Gasteiger partial charge in [0.1, 0.15) is 26.3 Å². The summed E-state index contributed by atoms with van der Waals surface area (Å²) < 4.78 is 11.3. The molecular weight excluding hydrogens is 367 g/mol. The van der Waals surface area contributed by atoms with E-state index in [0.717, 1.165) is 22.1 Å². The summed E-state index contributed by atoms with van der Waals surface area (Å²) in [4.78, 5) is 21.5. The monoisotopic (exact) mass is 400 g/mol. The van der Waals surface area contributed by atoms with Gasteiger partial charge >= 0.3 is 11.9 Å². The maximum absolute atomic E-state index is 10.9. The Morgan fingerprint density at radius 2 is 1.24 bits per heavy atom. The van der Waals surface area contributed by atoms with Gasteiger partial charge in [0.05, 0.1) is 42.3 Å². The molecule has 0 amide bonds. The highest BCUT2D eigenvalue weighted by molar-refractivity contribution is 5.86. The summed E-state index contributed by atoms with van der Waals surface area (Å²) in [6, 6.07) is 0. The smallest absolute Gasteiger partial charge is 0.333 e. The molecule has 0 spiro atoms. The highest BCUT2D eigenvalue weighted by Crippen LogP contribution is 1.94. The molecule has 6 nitrogen and oxygen atoms in total. The van der Waals surface area contributed by atoms with Crippen molar-refractivity contribution in [1.82, 2.24) is 0 Å². The van der Waals surface area contributed by atoms with E-state index in [1.807, 2.05) is 21.1 Å². The Bertz CT molecular complexity index is 414. The summed E-state index contributed by atoms with van der Waals surface area (Å²) in [6.07, 6.45) is 1.18. The highest BCUT2D eigenvalue weighted by Gasteiger charge is 2.09. The summed E-state index contributed by atoms with van der Waals surface area (Å²) in [6.45, 7) is 11.0. The average Bonchev–Trinajstić information content (AvgIpc) is 2.36. The van der Waals surface area contributed by atoms with Gasteiger partial charge < -0.3 is 43.3 Å². The number of rotatable bonds is 8. The lowest BCUT2D eigenvalue weighted by Gasteiger charge is -2.23. The van der Waals surface area contributed by atoms with Crippen molar-refractivity contribution in [3.63, 3.8) is 0 Å². The minimum absolute atomic E-state index is 0. The van der Waals surface area contributed by atoms with Crippen molar-refractivity contribution < 1.29 is 52.8 Å². The molecule has 0 aromatic carbocycles. The Kier molecular flexibility index (Phi) is 19.2. The molecule has 0 unspecified atom stereocenters. The highest BCUT2D eigenvalue weighted by atomic mass is 35.5. The number of hydrogen-bond donors (Lipinski definition) is 0. The second-order valence-corrected chi connectivity index (χ2v) is 7.32. The number of nitrogens with zero attached hydrogens (tertiary/aromatic N) is 2. The van der Waals surface area contributed by atoms with Gasteiger partial charge in [-0.1, -0.05) is 13.2 Å². The SMILES string of the molecule is C=C(C)C(=O)OCC[N+](C)(C)C.C=CC(=O)OCC[N+](C)(C)C.[Cl-].[Cl-]. The van der Waals surface area contributed by atoms with Gasteiger partial charge in [-0.05, 0) is 6.92 Å². The normalized spacial score (nSPS) is 10.0. The van der Waals surface area contributed by atoms with Crippen LogP contribution >= 0.6 is 0 Å². The number of quaternary nitrogens is 2. The van der Waals surface area contributed by atoms with Crippen LogP contribution in [-0.2, 0) is 19.1 Å². The molecule has 25 heavy (non-hydrogen) atoms. The van der Waals surface area contributed by atoms with Gasteiger partial charge in [-0.3, -0.25) is 0 Å². The zero-order valence-corrected chi connectivity index (χ0v) is 18.1. The number of carbonyl (C=O) groups excluding carboxylic acids is 2. The third-order valence-corrected chi connectivity index (χ3v) is 2.52. The minimum atomic E-state index is -0.349. The Balaban J connectivity index is -0.000000164. The van der Waals surface area contributed by atoms with Crippen LogP contribution in [0.1, 0.15) is 6.92 Å². The van der Waals surface area contributed by atoms with E-state index in [0.29, 0.717) is 18.8 Å². The Morgan fingerprint density at radius 3 is 1.52 bits per heavy atom. The van der Waals surface area contributed by atoms with Crippen LogP contribution in [-0.4, -0.2) is 89.5 Å². The second kappa shape index (κ2) is 15.2. The third kappa shape index (κ3) is 28.0.